The summed E-state index contributed by atoms with van der Waals surface area (Å²) < 4.78 is 0. The van der Waals surface area contributed by atoms with Gasteiger partial charge in [0.2, 0.25) is 0 Å². The van der Waals surface area contributed by atoms with Gasteiger partial charge in [-0.1, -0.05) is 32.6 Å². The van der Waals surface area contributed by atoms with Crippen LogP contribution in [0.2, 0.25) is 0 Å². The summed E-state index contributed by atoms with van der Waals surface area (Å²) in [6.45, 7) is 6.21. The van der Waals surface area contributed by atoms with Crippen LogP contribution in [0.5, 0.6) is 0 Å². The van der Waals surface area contributed by atoms with Crippen molar-refractivity contribution < 1.29 is 4.92 Å². The highest BCUT2D eigenvalue weighted by atomic mass is 16.6. The van der Waals surface area contributed by atoms with Crippen molar-refractivity contribution in [3.63, 3.8) is 0 Å². The van der Waals surface area contributed by atoms with Gasteiger partial charge in [0.25, 0.3) is 5.69 Å². The molecular weight excluding hydrogens is 240 g/mol. The molecule has 0 aliphatic rings. The molecule has 0 aliphatic carbocycles. The van der Waals surface area contributed by atoms with Gasteiger partial charge in [-0.25, -0.2) is 0 Å². The lowest BCUT2D eigenvalue weighted by Gasteiger charge is -2.15. The summed E-state index contributed by atoms with van der Waals surface area (Å²) in [6, 6.07) is 5.50. The number of rotatable bonds is 8. The van der Waals surface area contributed by atoms with Crippen LogP contribution in [0.25, 0.3) is 0 Å². The Morgan fingerprint density at radius 2 is 2.00 bits per heavy atom. The average Bonchev–Trinajstić information content (AvgIpc) is 2.34. The van der Waals surface area contributed by atoms with Gasteiger partial charge in [0.1, 0.15) is 0 Å². The largest absolute Gasteiger partial charge is 0.382 e. The maximum atomic E-state index is 10.8. The van der Waals surface area contributed by atoms with Crippen molar-refractivity contribution in [3.05, 3.63) is 33.9 Å². The molecule has 0 aliphatic heterocycles. The molecule has 0 amide bonds. The van der Waals surface area contributed by atoms with Gasteiger partial charge in [-0.05, 0) is 31.9 Å². The smallest absolute Gasteiger partial charge is 0.271 e. The van der Waals surface area contributed by atoms with Gasteiger partial charge in [0.15, 0.2) is 0 Å². The van der Waals surface area contributed by atoms with E-state index in [1.807, 2.05) is 13.0 Å². The molecular formula is C15H24N2O2. The van der Waals surface area contributed by atoms with Crippen LogP contribution in [0.4, 0.5) is 11.4 Å². The Hall–Kier alpha value is -1.58. The fourth-order valence-corrected chi connectivity index (χ4v) is 2.19. The van der Waals surface area contributed by atoms with Gasteiger partial charge < -0.3 is 5.32 Å². The zero-order valence-electron chi connectivity index (χ0n) is 12.1. The number of aryl methyl sites for hydroxylation is 1. The van der Waals surface area contributed by atoms with E-state index in [-0.39, 0.29) is 10.6 Å². The third-order valence-corrected chi connectivity index (χ3v) is 3.18. The molecule has 1 aromatic rings. The van der Waals surface area contributed by atoms with E-state index in [9.17, 15) is 10.1 Å². The number of nitro groups is 1. The number of unbranched alkanes of at least 4 members (excludes halogenated alkanes) is 3. The van der Waals surface area contributed by atoms with E-state index in [1.165, 1.54) is 25.7 Å². The quantitative estimate of drug-likeness (QED) is 0.421. The highest BCUT2D eigenvalue weighted by Gasteiger charge is 2.09. The first-order chi connectivity index (χ1) is 9.02. The number of anilines is 1. The standard InChI is InChI=1S/C15H24N2O2/c1-4-5-6-7-8-13(3)16-14-9-12(2)10-15(11-14)17(18)19/h9-11,13,16H,4-8H2,1-3H3. The van der Waals surface area contributed by atoms with Crippen molar-refractivity contribution in [2.24, 2.45) is 0 Å². The molecule has 0 bridgehead atoms. The van der Waals surface area contributed by atoms with Gasteiger partial charge in [0, 0.05) is 23.9 Å². The molecule has 19 heavy (non-hydrogen) atoms. The molecule has 106 valence electrons. The van der Waals surface area contributed by atoms with Crippen LogP contribution < -0.4 is 5.32 Å². The van der Waals surface area contributed by atoms with E-state index in [1.54, 1.807) is 12.1 Å². The van der Waals surface area contributed by atoms with E-state index in [2.05, 4.69) is 19.2 Å². The van der Waals surface area contributed by atoms with Crippen molar-refractivity contribution in [1.82, 2.24) is 0 Å². The average molecular weight is 264 g/mol. The second-order valence-corrected chi connectivity index (χ2v) is 5.21. The molecule has 1 N–H and O–H groups in total. The van der Waals surface area contributed by atoms with Crippen LogP contribution in [-0.4, -0.2) is 11.0 Å². The molecule has 1 aromatic carbocycles. The molecule has 1 rings (SSSR count). The van der Waals surface area contributed by atoms with Crippen LogP contribution in [0.3, 0.4) is 0 Å². The zero-order valence-corrected chi connectivity index (χ0v) is 12.1. The van der Waals surface area contributed by atoms with E-state index in [4.69, 9.17) is 0 Å². The van der Waals surface area contributed by atoms with Crippen molar-refractivity contribution >= 4 is 11.4 Å². The predicted octanol–water partition coefficient (Wildman–Crippen LogP) is 4.67. The van der Waals surface area contributed by atoms with Crippen molar-refractivity contribution in [3.8, 4) is 0 Å². The van der Waals surface area contributed by atoms with E-state index >= 15 is 0 Å². The number of nitrogens with zero attached hydrogens (tertiary/aromatic N) is 1. The lowest BCUT2D eigenvalue weighted by atomic mass is 10.1. The Kier molecular flexibility index (Phi) is 6.33. The molecule has 0 aromatic heterocycles. The Labute approximate surface area is 115 Å². The summed E-state index contributed by atoms with van der Waals surface area (Å²) >= 11 is 0. The number of nitro benzene ring substituents is 1. The number of hydrogen-bond donors (Lipinski definition) is 1. The van der Waals surface area contributed by atoms with Crippen LogP contribution in [0.15, 0.2) is 18.2 Å². The summed E-state index contributed by atoms with van der Waals surface area (Å²) in [5, 5.41) is 14.2. The Morgan fingerprint density at radius 3 is 2.63 bits per heavy atom. The van der Waals surface area contributed by atoms with E-state index in [0.29, 0.717) is 6.04 Å². The van der Waals surface area contributed by atoms with Crippen molar-refractivity contribution in [2.75, 3.05) is 5.32 Å². The minimum atomic E-state index is -0.343. The fourth-order valence-electron chi connectivity index (χ4n) is 2.19. The monoisotopic (exact) mass is 264 g/mol. The minimum Gasteiger partial charge on any atom is -0.382 e. The second-order valence-electron chi connectivity index (χ2n) is 5.21. The van der Waals surface area contributed by atoms with E-state index < -0.39 is 0 Å². The van der Waals surface area contributed by atoms with Gasteiger partial charge in [-0.15, -0.1) is 0 Å². The van der Waals surface area contributed by atoms with Gasteiger partial charge in [0.05, 0.1) is 4.92 Å². The molecule has 1 atom stereocenters. The SMILES string of the molecule is CCCCCCC(C)Nc1cc(C)cc([N+](=O)[O-])c1. The maximum absolute atomic E-state index is 10.8. The maximum Gasteiger partial charge on any atom is 0.271 e. The molecule has 0 spiro atoms. The van der Waals surface area contributed by atoms with Crippen LogP contribution >= 0.6 is 0 Å². The lowest BCUT2D eigenvalue weighted by Crippen LogP contribution is -2.15. The second kappa shape index (κ2) is 7.77. The van der Waals surface area contributed by atoms with Crippen molar-refractivity contribution in [1.29, 1.82) is 0 Å². The first-order valence-corrected chi connectivity index (χ1v) is 7.05. The lowest BCUT2D eigenvalue weighted by molar-refractivity contribution is -0.384. The highest BCUT2D eigenvalue weighted by Crippen LogP contribution is 2.21. The number of nitrogens with one attached hydrogen (secondary N) is 1. The van der Waals surface area contributed by atoms with Crippen molar-refractivity contribution in [2.45, 2.75) is 58.9 Å². The first kappa shape index (κ1) is 15.5. The van der Waals surface area contributed by atoms with Crippen LogP contribution in [0, 0.1) is 17.0 Å². The zero-order chi connectivity index (χ0) is 14.3. The third kappa shape index (κ3) is 5.73. The van der Waals surface area contributed by atoms with E-state index in [0.717, 1.165) is 17.7 Å². The van der Waals surface area contributed by atoms with Gasteiger partial charge in [-0.2, -0.15) is 0 Å². The summed E-state index contributed by atoms with van der Waals surface area (Å²) in [5.74, 6) is 0. The fraction of sp³-hybridized carbons (Fsp3) is 0.600. The highest BCUT2D eigenvalue weighted by molar-refractivity contribution is 5.54. The molecule has 0 fully saturated rings. The Bertz CT molecular complexity index is 419. The molecule has 0 saturated heterocycles. The summed E-state index contributed by atoms with van der Waals surface area (Å²) in [5.41, 5.74) is 1.91. The molecule has 0 saturated carbocycles. The minimum absolute atomic E-state index is 0.153. The Morgan fingerprint density at radius 1 is 1.26 bits per heavy atom. The number of non-ortho nitro benzene ring substituents is 1. The van der Waals surface area contributed by atoms with Crippen LogP contribution in [-0.2, 0) is 0 Å². The summed E-state index contributed by atoms with van der Waals surface area (Å²) in [4.78, 5) is 10.5. The van der Waals surface area contributed by atoms with Gasteiger partial charge >= 0.3 is 0 Å². The van der Waals surface area contributed by atoms with Gasteiger partial charge in [-0.3, -0.25) is 10.1 Å². The molecule has 4 heteroatoms. The number of hydrogen-bond acceptors (Lipinski definition) is 3. The third-order valence-electron chi connectivity index (χ3n) is 3.18. The molecule has 0 heterocycles. The Balaban J connectivity index is 2.53. The summed E-state index contributed by atoms with van der Waals surface area (Å²) in [6.07, 6.45) is 6.09. The normalized spacial score (nSPS) is 12.2. The number of benzene rings is 1. The molecule has 4 nitrogen and oxygen atoms in total. The molecule has 1 unspecified atom stereocenters. The predicted molar refractivity (Wildman–Crippen MR) is 79.7 cm³/mol. The van der Waals surface area contributed by atoms with Crippen LogP contribution in [0.1, 0.15) is 51.5 Å². The molecule has 0 radical (unpaired) electrons. The first-order valence-electron chi connectivity index (χ1n) is 7.05. The summed E-state index contributed by atoms with van der Waals surface area (Å²) in [7, 11) is 0. The topological polar surface area (TPSA) is 55.2 Å².